The van der Waals surface area contributed by atoms with Gasteiger partial charge in [0.05, 0.1) is 23.4 Å². The molecule has 20 heavy (non-hydrogen) atoms. The lowest BCUT2D eigenvalue weighted by Crippen LogP contribution is -2.41. The van der Waals surface area contributed by atoms with E-state index < -0.39 is 30.1 Å². The lowest BCUT2D eigenvalue weighted by atomic mass is 9.68. The molecule has 1 aliphatic heterocycles. The van der Waals surface area contributed by atoms with Crippen LogP contribution in [-0.2, 0) is 14.1 Å². The van der Waals surface area contributed by atoms with E-state index in [2.05, 4.69) is 0 Å². The molecule has 0 spiro atoms. The van der Waals surface area contributed by atoms with Crippen LogP contribution < -0.4 is 0 Å². The largest absolute Gasteiger partial charge is 0.481 e. The maximum atomic E-state index is 11.1. The number of carboxylic acids is 1. The molecule has 1 aromatic heterocycles. The zero-order chi connectivity index (χ0) is 15.1. The summed E-state index contributed by atoms with van der Waals surface area (Å²) < 4.78 is 17.5. The number of hydrogen-bond acceptors (Lipinski definition) is 4. The van der Waals surface area contributed by atoms with Crippen molar-refractivity contribution in [2.75, 3.05) is 0 Å². The van der Waals surface area contributed by atoms with E-state index in [0.717, 1.165) is 5.76 Å². The van der Waals surface area contributed by atoms with Gasteiger partial charge in [-0.3, -0.25) is 4.79 Å². The van der Waals surface area contributed by atoms with Crippen LogP contribution in [0.3, 0.4) is 0 Å². The van der Waals surface area contributed by atoms with Crippen molar-refractivity contribution in [2.45, 2.75) is 58.1 Å². The number of furan rings is 1. The summed E-state index contributed by atoms with van der Waals surface area (Å²) in [7, 11) is -0.623. The van der Waals surface area contributed by atoms with E-state index in [9.17, 15) is 4.79 Å². The van der Waals surface area contributed by atoms with Crippen molar-refractivity contribution in [3.8, 4) is 0 Å². The van der Waals surface area contributed by atoms with Crippen LogP contribution >= 0.6 is 0 Å². The summed E-state index contributed by atoms with van der Waals surface area (Å²) in [5, 5.41) is 9.12. The molecular formula is C14H21BO5. The summed E-state index contributed by atoms with van der Waals surface area (Å²) in [5.41, 5.74) is -0.980. The van der Waals surface area contributed by atoms with Crippen LogP contribution in [0.1, 0.15) is 51.5 Å². The molecule has 1 aliphatic rings. The summed E-state index contributed by atoms with van der Waals surface area (Å²) in [6.07, 6.45) is -0.0935. The van der Waals surface area contributed by atoms with Gasteiger partial charge in [-0.1, -0.05) is 0 Å². The summed E-state index contributed by atoms with van der Waals surface area (Å²) in [4.78, 5) is 11.1. The van der Waals surface area contributed by atoms with Crippen molar-refractivity contribution in [3.05, 3.63) is 23.7 Å². The van der Waals surface area contributed by atoms with E-state index >= 15 is 0 Å². The minimum absolute atomic E-state index is 0.0935. The van der Waals surface area contributed by atoms with Crippen molar-refractivity contribution in [1.82, 2.24) is 0 Å². The molecule has 2 heterocycles. The van der Waals surface area contributed by atoms with Gasteiger partial charge in [-0.05, 0) is 46.8 Å². The van der Waals surface area contributed by atoms with E-state index in [1.54, 1.807) is 6.07 Å². The zero-order valence-electron chi connectivity index (χ0n) is 12.6. The summed E-state index contributed by atoms with van der Waals surface area (Å²) in [6, 6.07) is 3.60. The van der Waals surface area contributed by atoms with Crippen molar-refractivity contribution in [3.63, 3.8) is 0 Å². The Morgan fingerprint density at radius 3 is 2.20 bits per heavy atom. The van der Waals surface area contributed by atoms with E-state index in [1.165, 1.54) is 0 Å². The average Bonchev–Trinajstić information content (AvgIpc) is 2.78. The molecule has 0 bridgehead atoms. The van der Waals surface area contributed by atoms with Gasteiger partial charge < -0.3 is 18.8 Å². The number of aliphatic carboxylic acids is 1. The fraction of sp³-hybridized carbons (Fsp3) is 0.643. The highest BCUT2D eigenvalue weighted by Crippen LogP contribution is 2.41. The molecule has 0 aromatic carbocycles. The summed E-state index contributed by atoms with van der Waals surface area (Å²) in [6.45, 7) is 9.60. The Kier molecular flexibility index (Phi) is 3.73. The second kappa shape index (κ2) is 4.93. The first-order valence-electron chi connectivity index (χ1n) is 6.76. The van der Waals surface area contributed by atoms with Gasteiger partial charge in [0, 0.05) is 0 Å². The number of hydrogen-bond donors (Lipinski definition) is 1. The molecule has 1 fully saturated rings. The molecular weight excluding hydrogens is 259 g/mol. The highest BCUT2D eigenvalue weighted by molar-refractivity contribution is 6.47. The summed E-state index contributed by atoms with van der Waals surface area (Å²) >= 11 is 0. The van der Waals surface area contributed by atoms with Crippen LogP contribution in [0.5, 0.6) is 0 Å². The fourth-order valence-electron chi connectivity index (χ4n) is 2.22. The van der Waals surface area contributed by atoms with Crippen LogP contribution in [0.2, 0.25) is 0 Å². The normalized spacial score (nSPS) is 21.9. The smallest absolute Gasteiger partial charge is 0.469 e. The Bertz CT molecular complexity index is 489. The lowest BCUT2D eigenvalue weighted by Gasteiger charge is -2.32. The first kappa shape index (κ1) is 15.1. The third kappa shape index (κ3) is 2.76. The summed E-state index contributed by atoms with van der Waals surface area (Å²) in [5.74, 6) is -0.0312. The molecule has 0 saturated carbocycles. The van der Waals surface area contributed by atoms with Crippen LogP contribution in [0, 0.1) is 6.92 Å². The maximum Gasteiger partial charge on any atom is 0.469 e. The van der Waals surface area contributed by atoms with Gasteiger partial charge >= 0.3 is 13.1 Å². The van der Waals surface area contributed by atoms with E-state index in [0.29, 0.717) is 5.76 Å². The SMILES string of the molecule is Cc1ccc(C(CC(=O)O)B2OC(C)(C)C(C)(C)O2)o1. The lowest BCUT2D eigenvalue weighted by molar-refractivity contribution is -0.137. The predicted molar refractivity (Wildman–Crippen MR) is 74.5 cm³/mol. The first-order chi connectivity index (χ1) is 9.12. The number of carboxylic acid groups (broad SMARTS) is 1. The molecule has 5 nitrogen and oxygen atoms in total. The molecule has 6 heteroatoms. The topological polar surface area (TPSA) is 68.9 Å². The standard InChI is InChI=1S/C14H21BO5/c1-9-6-7-11(18-9)10(8-12(16)17)15-19-13(2,3)14(4,5)20-15/h6-7,10H,8H2,1-5H3,(H,16,17). The Hall–Kier alpha value is -1.27. The molecule has 1 aromatic rings. The first-order valence-corrected chi connectivity index (χ1v) is 6.76. The molecule has 2 rings (SSSR count). The van der Waals surface area contributed by atoms with Gasteiger partial charge in [0.15, 0.2) is 0 Å². The molecule has 1 unspecified atom stereocenters. The monoisotopic (exact) mass is 280 g/mol. The van der Waals surface area contributed by atoms with Crippen molar-refractivity contribution < 1.29 is 23.6 Å². The van der Waals surface area contributed by atoms with Crippen molar-refractivity contribution in [1.29, 1.82) is 0 Å². The molecule has 1 atom stereocenters. The molecule has 1 saturated heterocycles. The fourth-order valence-corrected chi connectivity index (χ4v) is 2.22. The van der Waals surface area contributed by atoms with Gasteiger partial charge in [-0.25, -0.2) is 0 Å². The van der Waals surface area contributed by atoms with Crippen LogP contribution in [0.25, 0.3) is 0 Å². The molecule has 0 amide bonds. The minimum atomic E-state index is -0.904. The quantitative estimate of drug-likeness (QED) is 0.859. The maximum absolute atomic E-state index is 11.1. The van der Waals surface area contributed by atoms with Gasteiger partial charge in [-0.15, -0.1) is 0 Å². The van der Waals surface area contributed by atoms with Gasteiger partial charge in [-0.2, -0.15) is 0 Å². The highest BCUT2D eigenvalue weighted by atomic mass is 16.7. The molecule has 1 N–H and O–H groups in total. The third-order valence-corrected chi connectivity index (χ3v) is 4.12. The van der Waals surface area contributed by atoms with Crippen LogP contribution in [0.4, 0.5) is 0 Å². The molecule has 0 radical (unpaired) electrons. The van der Waals surface area contributed by atoms with Crippen molar-refractivity contribution in [2.24, 2.45) is 0 Å². The zero-order valence-corrected chi connectivity index (χ0v) is 12.6. The Labute approximate surface area is 119 Å². The highest BCUT2D eigenvalue weighted by Gasteiger charge is 2.54. The molecule has 110 valence electrons. The predicted octanol–water partition coefficient (Wildman–Crippen LogP) is 2.78. The Morgan fingerprint density at radius 2 is 1.80 bits per heavy atom. The average molecular weight is 280 g/mol. The minimum Gasteiger partial charge on any atom is -0.481 e. The van der Waals surface area contributed by atoms with Gasteiger partial charge in [0.1, 0.15) is 11.5 Å². The second-order valence-electron chi connectivity index (χ2n) is 6.28. The number of aryl methyl sites for hydroxylation is 1. The van der Waals surface area contributed by atoms with E-state index in [4.69, 9.17) is 18.8 Å². The van der Waals surface area contributed by atoms with Crippen LogP contribution in [0.15, 0.2) is 16.5 Å². The second-order valence-corrected chi connectivity index (χ2v) is 6.28. The van der Waals surface area contributed by atoms with Gasteiger partial charge in [0.25, 0.3) is 0 Å². The van der Waals surface area contributed by atoms with Crippen molar-refractivity contribution >= 4 is 13.1 Å². The van der Waals surface area contributed by atoms with Crippen LogP contribution in [-0.4, -0.2) is 29.4 Å². The third-order valence-electron chi connectivity index (χ3n) is 4.12. The Morgan fingerprint density at radius 1 is 1.25 bits per heavy atom. The van der Waals surface area contributed by atoms with E-state index in [1.807, 2.05) is 40.7 Å². The Balaban J connectivity index is 2.27. The number of carbonyl (C=O) groups is 1. The molecule has 0 aliphatic carbocycles. The number of rotatable bonds is 4. The van der Waals surface area contributed by atoms with Gasteiger partial charge in [0.2, 0.25) is 0 Å². The van der Waals surface area contributed by atoms with E-state index in [-0.39, 0.29) is 6.42 Å².